The van der Waals surface area contributed by atoms with E-state index in [4.69, 9.17) is 5.73 Å². The first-order chi connectivity index (χ1) is 11.6. The van der Waals surface area contributed by atoms with Gasteiger partial charge in [0.25, 0.3) is 0 Å². The van der Waals surface area contributed by atoms with Crippen LogP contribution < -0.4 is 16.4 Å². The summed E-state index contributed by atoms with van der Waals surface area (Å²) in [5.74, 6) is -1.77. The zero-order valence-corrected chi connectivity index (χ0v) is 12.8. The van der Waals surface area contributed by atoms with Gasteiger partial charge in [0.05, 0.1) is 16.9 Å². The van der Waals surface area contributed by atoms with Crippen molar-refractivity contribution in [1.82, 2.24) is 5.32 Å². The number of hydrogen-bond acceptors (Lipinski definition) is 4. The summed E-state index contributed by atoms with van der Waals surface area (Å²) in [5, 5.41) is 16.6. The summed E-state index contributed by atoms with van der Waals surface area (Å²) in [6, 6.07) is 11.6. The quantitative estimate of drug-likeness (QED) is 0.651. The van der Waals surface area contributed by atoms with E-state index in [9.17, 15) is 13.9 Å². The van der Waals surface area contributed by atoms with Crippen LogP contribution in [0.3, 0.4) is 0 Å². The van der Waals surface area contributed by atoms with Gasteiger partial charge in [-0.25, -0.2) is 8.78 Å². The Balaban J connectivity index is 1.87. The molecule has 2 aromatic carbocycles. The summed E-state index contributed by atoms with van der Waals surface area (Å²) in [7, 11) is 0. The first kappa shape index (κ1) is 16.0. The lowest BCUT2D eigenvalue weighted by Gasteiger charge is -2.22. The van der Waals surface area contributed by atoms with Gasteiger partial charge in [0, 0.05) is 18.4 Å². The maximum Gasteiger partial charge on any atom is 0.155 e. The predicted molar refractivity (Wildman–Crippen MR) is 90.0 cm³/mol. The molecule has 3 rings (SSSR count). The molecule has 1 heterocycles. The number of aliphatic hydroxyl groups excluding tert-OH is 1. The Bertz CT molecular complexity index is 803. The molecule has 124 valence electrons. The van der Waals surface area contributed by atoms with Crippen molar-refractivity contribution in [1.29, 1.82) is 0 Å². The predicted octanol–water partition coefficient (Wildman–Crippen LogP) is 3.06. The molecule has 0 spiro atoms. The number of dihydropyridines is 1. The number of anilines is 2. The summed E-state index contributed by atoms with van der Waals surface area (Å²) >= 11 is 0. The van der Waals surface area contributed by atoms with Gasteiger partial charge in [0.2, 0.25) is 0 Å². The molecule has 5 N–H and O–H groups in total. The first-order valence-corrected chi connectivity index (χ1v) is 7.44. The van der Waals surface area contributed by atoms with E-state index in [1.807, 2.05) is 30.3 Å². The van der Waals surface area contributed by atoms with Crippen molar-refractivity contribution in [3.63, 3.8) is 0 Å². The Morgan fingerprint density at radius 3 is 2.62 bits per heavy atom. The maximum absolute atomic E-state index is 14.1. The number of rotatable bonds is 4. The van der Waals surface area contributed by atoms with Gasteiger partial charge in [-0.3, -0.25) is 0 Å². The van der Waals surface area contributed by atoms with E-state index >= 15 is 0 Å². The SMILES string of the molecule is Nc1ccc(F)c(C(O)C2=CC(Nc3ccccc3)=CNC2)c1F. The minimum absolute atomic E-state index is 0.201. The van der Waals surface area contributed by atoms with E-state index in [2.05, 4.69) is 10.6 Å². The molecule has 0 fully saturated rings. The van der Waals surface area contributed by atoms with Crippen LogP contribution in [-0.4, -0.2) is 11.7 Å². The van der Waals surface area contributed by atoms with E-state index in [0.717, 1.165) is 17.8 Å². The summed E-state index contributed by atoms with van der Waals surface area (Å²) < 4.78 is 28.1. The molecule has 4 nitrogen and oxygen atoms in total. The number of allylic oxidation sites excluding steroid dienone is 1. The van der Waals surface area contributed by atoms with Crippen molar-refractivity contribution >= 4 is 11.4 Å². The molecule has 0 aromatic heterocycles. The Kier molecular flexibility index (Phi) is 4.48. The van der Waals surface area contributed by atoms with Gasteiger partial charge in [-0.2, -0.15) is 0 Å². The number of halogens is 2. The molecule has 2 aromatic rings. The Morgan fingerprint density at radius 1 is 1.12 bits per heavy atom. The van der Waals surface area contributed by atoms with Crippen molar-refractivity contribution in [2.24, 2.45) is 0 Å². The fourth-order valence-electron chi connectivity index (χ4n) is 2.53. The van der Waals surface area contributed by atoms with Crippen molar-refractivity contribution in [2.75, 3.05) is 17.6 Å². The summed E-state index contributed by atoms with van der Waals surface area (Å²) in [6.45, 7) is 0.273. The minimum atomic E-state index is -1.43. The molecule has 0 aliphatic carbocycles. The average Bonchev–Trinajstić information content (AvgIpc) is 2.59. The van der Waals surface area contributed by atoms with Gasteiger partial charge in [-0.15, -0.1) is 0 Å². The van der Waals surface area contributed by atoms with E-state index in [-0.39, 0.29) is 12.2 Å². The number of nitrogens with one attached hydrogen (secondary N) is 2. The topological polar surface area (TPSA) is 70.3 Å². The van der Waals surface area contributed by atoms with Crippen LogP contribution in [0.2, 0.25) is 0 Å². The lowest BCUT2D eigenvalue weighted by molar-refractivity contribution is 0.201. The molecule has 1 aliphatic rings. The van der Waals surface area contributed by atoms with Crippen molar-refractivity contribution in [3.05, 3.63) is 83.2 Å². The highest BCUT2D eigenvalue weighted by atomic mass is 19.1. The lowest BCUT2D eigenvalue weighted by Crippen LogP contribution is -2.22. The summed E-state index contributed by atoms with van der Waals surface area (Å²) in [5.41, 5.74) is 6.80. The molecule has 1 unspecified atom stereocenters. The average molecular weight is 329 g/mol. The van der Waals surface area contributed by atoms with Crippen LogP contribution in [0.5, 0.6) is 0 Å². The highest BCUT2D eigenvalue weighted by Gasteiger charge is 2.24. The number of hydrogen-bond donors (Lipinski definition) is 4. The largest absolute Gasteiger partial charge is 0.396 e. The third-order valence-corrected chi connectivity index (χ3v) is 3.75. The van der Waals surface area contributed by atoms with Crippen molar-refractivity contribution in [2.45, 2.75) is 6.10 Å². The Morgan fingerprint density at radius 2 is 1.88 bits per heavy atom. The highest BCUT2D eigenvalue weighted by Crippen LogP contribution is 2.30. The monoisotopic (exact) mass is 329 g/mol. The van der Waals surface area contributed by atoms with Crippen LogP contribution in [-0.2, 0) is 0 Å². The molecular weight excluding hydrogens is 312 g/mol. The lowest BCUT2D eigenvalue weighted by atomic mass is 9.97. The van der Waals surface area contributed by atoms with E-state index in [1.54, 1.807) is 12.3 Å². The van der Waals surface area contributed by atoms with E-state index in [1.165, 1.54) is 0 Å². The van der Waals surface area contributed by atoms with Crippen molar-refractivity contribution in [3.8, 4) is 0 Å². The van der Waals surface area contributed by atoms with E-state index < -0.39 is 23.3 Å². The fourth-order valence-corrected chi connectivity index (χ4v) is 2.53. The van der Waals surface area contributed by atoms with Gasteiger partial charge < -0.3 is 21.5 Å². The highest BCUT2D eigenvalue weighted by molar-refractivity contribution is 5.53. The minimum Gasteiger partial charge on any atom is -0.396 e. The molecule has 24 heavy (non-hydrogen) atoms. The van der Waals surface area contributed by atoms with Crippen LogP contribution in [0.15, 0.2) is 66.0 Å². The van der Waals surface area contributed by atoms with Crippen LogP contribution in [0, 0.1) is 11.6 Å². The Hall–Kier alpha value is -2.86. The third kappa shape index (κ3) is 3.23. The number of benzene rings is 2. The van der Waals surface area contributed by atoms with Gasteiger partial charge in [-0.1, -0.05) is 18.2 Å². The number of aliphatic hydroxyl groups is 1. The summed E-state index contributed by atoms with van der Waals surface area (Å²) in [4.78, 5) is 0. The molecular formula is C18H17F2N3O. The van der Waals surface area contributed by atoms with Crippen LogP contribution >= 0.6 is 0 Å². The number of nitrogens with two attached hydrogens (primary N) is 1. The Labute approximate surface area is 138 Å². The molecule has 0 radical (unpaired) electrons. The molecule has 1 aliphatic heterocycles. The van der Waals surface area contributed by atoms with Crippen LogP contribution in [0.1, 0.15) is 11.7 Å². The molecule has 0 saturated carbocycles. The molecule has 0 amide bonds. The maximum atomic E-state index is 14.1. The van der Waals surface area contributed by atoms with Crippen molar-refractivity contribution < 1.29 is 13.9 Å². The standard InChI is InChI=1S/C18H17F2N3O/c19-14-6-7-15(21)17(20)16(14)18(24)11-8-13(10-22-9-11)23-12-4-2-1-3-5-12/h1-8,10,18,22-24H,9,21H2. The number of nitrogen functional groups attached to an aromatic ring is 1. The number of para-hydroxylation sites is 1. The normalized spacial score (nSPS) is 15.1. The van der Waals surface area contributed by atoms with Crippen LogP contribution in [0.25, 0.3) is 0 Å². The van der Waals surface area contributed by atoms with Gasteiger partial charge >= 0.3 is 0 Å². The van der Waals surface area contributed by atoms with Gasteiger partial charge in [0.1, 0.15) is 11.9 Å². The molecule has 1 atom stereocenters. The van der Waals surface area contributed by atoms with Crippen LogP contribution in [0.4, 0.5) is 20.2 Å². The van der Waals surface area contributed by atoms with Gasteiger partial charge in [-0.05, 0) is 35.9 Å². The fraction of sp³-hybridized carbons (Fsp3) is 0.111. The second-order valence-corrected chi connectivity index (χ2v) is 5.46. The zero-order chi connectivity index (χ0) is 17.1. The summed E-state index contributed by atoms with van der Waals surface area (Å²) in [6.07, 6.45) is 1.97. The molecule has 6 heteroatoms. The zero-order valence-electron chi connectivity index (χ0n) is 12.8. The molecule has 0 saturated heterocycles. The second-order valence-electron chi connectivity index (χ2n) is 5.46. The second kappa shape index (κ2) is 6.72. The van der Waals surface area contributed by atoms with Gasteiger partial charge in [0.15, 0.2) is 5.82 Å². The molecule has 0 bridgehead atoms. The smallest absolute Gasteiger partial charge is 0.155 e. The first-order valence-electron chi connectivity index (χ1n) is 7.44. The van der Waals surface area contributed by atoms with E-state index in [0.29, 0.717) is 11.3 Å². The third-order valence-electron chi connectivity index (χ3n) is 3.75.